The van der Waals surface area contributed by atoms with E-state index in [0.717, 1.165) is 11.8 Å². The summed E-state index contributed by atoms with van der Waals surface area (Å²) >= 11 is 0. The minimum atomic E-state index is 0.627. The minimum absolute atomic E-state index is 0.627. The van der Waals surface area contributed by atoms with Crippen LogP contribution in [0.5, 0.6) is 0 Å². The van der Waals surface area contributed by atoms with Crippen LogP contribution in [0.1, 0.15) is 77.2 Å². The molecule has 1 saturated carbocycles. The molecule has 1 aliphatic rings. The van der Waals surface area contributed by atoms with E-state index in [1.54, 1.807) is 5.56 Å². The molecule has 1 fully saturated rings. The molecule has 1 aliphatic carbocycles. The first-order valence-electron chi connectivity index (χ1n) is 8.24. The first-order chi connectivity index (χ1) is 9.19. The molecule has 2 rings (SSSR count). The molecule has 106 valence electrons. The summed E-state index contributed by atoms with van der Waals surface area (Å²) in [6.07, 6.45) is 9.80. The second-order valence-electron chi connectivity index (χ2n) is 6.86. The summed E-state index contributed by atoms with van der Waals surface area (Å²) in [6, 6.07) is 11.2. The van der Waals surface area contributed by atoms with Gasteiger partial charge in [0.05, 0.1) is 0 Å². The molecule has 1 aromatic rings. The Labute approximate surface area is 119 Å². The average Bonchev–Trinajstić information content (AvgIpc) is 2.39. The van der Waals surface area contributed by atoms with E-state index in [1.807, 2.05) is 0 Å². The molecule has 0 heterocycles. The summed E-state index contributed by atoms with van der Waals surface area (Å²) in [5.74, 6) is 1.68. The Morgan fingerprint density at radius 2 is 1.63 bits per heavy atom. The molecule has 0 radical (unpaired) electrons. The van der Waals surface area contributed by atoms with E-state index in [4.69, 9.17) is 0 Å². The Hall–Kier alpha value is -0.780. The Kier molecular flexibility index (Phi) is 5.07. The van der Waals surface area contributed by atoms with Crippen LogP contribution in [0.15, 0.2) is 30.3 Å². The van der Waals surface area contributed by atoms with Gasteiger partial charge >= 0.3 is 0 Å². The Bertz CT molecular complexity index is 359. The molecule has 0 amide bonds. The minimum Gasteiger partial charge on any atom is -0.0654 e. The highest BCUT2D eigenvalue weighted by atomic mass is 14.4. The van der Waals surface area contributed by atoms with Crippen LogP contribution < -0.4 is 0 Å². The van der Waals surface area contributed by atoms with Crippen molar-refractivity contribution in [2.24, 2.45) is 11.3 Å². The highest BCUT2D eigenvalue weighted by molar-refractivity contribution is 5.21. The second-order valence-corrected chi connectivity index (χ2v) is 6.86. The van der Waals surface area contributed by atoms with E-state index < -0.39 is 0 Å². The van der Waals surface area contributed by atoms with Crippen molar-refractivity contribution in [3.8, 4) is 0 Å². The molecule has 1 aromatic carbocycles. The zero-order valence-electron chi connectivity index (χ0n) is 13.0. The molecule has 0 spiro atoms. The molecule has 0 N–H and O–H groups in total. The molecule has 0 aromatic heterocycles. The zero-order chi connectivity index (χ0) is 13.7. The van der Waals surface area contributed by atoms with Crippen molar-refractivity contribution < 1.29 is 0 Å². The summed E-state index contributed by atoms with van der Waals surface area (Å²) < 4.78 is 0. The lowest BCUT2D eigenvalue weighted by atomic mass is 9.61. The fourth-order valence-corrected chi connectivity index (χ4v) is 4.57. The molecule has 0 heteroatoms. The first kappa shape index (κ1) is 14.6. The van der Waals surface area contributed by atoms with E-state index >= 15 is 0 Å². The third kappa shape index (κ3) is 3.61. The predicted octanol–water partition coefficient (Wildman–Crippen LogP) is 6.18. The summed E-state index contributed by atoms with van der Waals surface area (Å²) in [6.45, 7) is 7.18. The van der Waals surface area contributed by atoms with Crippen molar-refractivity contribution in [2.75, 3.05) is 0 Å². The van der Waals surface area contributed by atoms with Crippen LogP contribution in [0, 0.1) is 11.3 Å². The van der Waals surface area contributed by atoms with E-state index in [2.05, 4.69) is 51.1 Å². The fourth-order valence-electron chi connectivity index (χ4n) is 4.57. The van der Waals surface area contributed by atoms with Gasteiger partial charge in [0, 0.05) is 0 Å². The first-order valence-corrected chi connectivity index (χ1v) is 8.24. The monoisotopic (exact) mass is 258 g/mol. The van der Waals surface area contributed by atoms with Gasteiger partial charge in [-0.15, -0.1) is 0 Å². The van der Waals surface area contributed by atoms with Gasteiger partial charge in [-0.2, -0.15) is 0 Å². The lowest BCUT2D eigenvalue weighted by molar-refractivity contribution is 0.102. The van der Waals surface area contributed by atoms with Gasteiger partial charge in [-0.3, -0.25) is 0 Å². The van der Waals surface area contributed by atoms with Crippen molar-refractivity contribution in [3.63, 3.8) is 0 Å². The summed E-state index contributed by atoms with van der Waals surface area (Å²) in [4.78, 5) is 0. The van der Waals surface area contributed by atoms with E-state index in [0.29, 0.717) is 5.41 Å². The molecule has 2 unspecified atom stereocenters. The normalized spacial score (nSPS) is 26.3. The van der Waals surface area contributed by atoms with Gasteiger partial charge in [0.2, 0.25) is 0 Å². The number of rotatable bonds is 5. The maximum Gasteiger partial charge on any atom is -0.0154 e. The summed E-state index contributed by atoms with van der Waals surface area (Å²) in [7, 11) is 0. The van der Waals surface area contributed by atoms with Crippen LogP contribution in [0.25, 0.3) is 0 Å². The zero-order valence-corrected chi connectivity index (χ0v) is 13.0. The Balaban J connectivity index is 2.18. The lowest BCUT2D eigenvalue weighted by Gasteiger charge is -2.44. The lowest BCUT2D eigenvalue weighted by Crippen LogP contribution is -2.31. The Morgan fingerprint density at radius 3 is 2.21 bits per heavy atom. The van der Waals surface area contributed by atoms with Gasteiger partial charge in [-0.1, -0.05) is 63.9 Å². The molecular weight excluding hydrogens is 228 g/mol. The van der Waals surface area contributed by atoms with Gasteiger partial charge in [-0.05, 0) is 54.9 Å². The number of benzene rings is 1. The smallest absolute Gasteiger partial charge is 0.0154 e. The molecule has 2 atom stereocenters. The predicted molar refractivity (Wildman–Crippen MR) is 84.4 cm³/mol. The molecule has 0 aliphatic heterocycles. The van der Waals surface area contributed by atoms with Crippen LogP contribution >= 0.6 is 0 Å². The standard InChI is InChI=1S/C19H30/c1-4-11-19(12-5-2)14-16(3)13-18(15-19)17-9-7-6-8-10-17/h6-10,16,18H,4-5,11-15H2,1-3H3. The van der Waals surface area contributed by atoms with Gasteiger partial charge in [0.15, 0.2) is 0 Å². The molecular formula is C19H30. The van der Waals surface area contributed by atoms with Gasteiger partial charge in [0.25, 0.3) is 0 Å². The van der Waals surface area contributed by atoms with Crippen molar-refractivity contribution in [2.45, 2.75) is 71.6 Å². The van der Waals surface area contributed by atoms with Gasteiger partial charge in [-0.25, -0.2) is 0 Å². The number of hydrogen-bond acceptors (Lipinski definition) is 0. The highest BCUT2D eigenvalue weighted by Crippen LogP contribution is 2.51. The topological polar surface area (TPSA) is 0 Å². The van der Waals surface area contributed by atoms with E-state index in [-0.39, 0.29) is 0 Å². The van der Waals surface area contributed by atoms with Crippen LogP contribution in [0.2, 0.25) is 0 Å². The van der Waals surface area contributed by atoms with E-state index in [9.17, 15) is 0 Å². The largest absolute Gasteiger partial charge is 0.0654 e. The molecule has 0 saturated heterocycles. The van der Waals surface area contributed by atoms with Crippen LogP contribution in [-0.4, -0.2) is 0 Å². The third-order valence-corrected chi connectivity index (χ3v) is 4.98. The van der Waals surface area contributed by atoms with Crippen molar-refractivity contribution in [1.82, 2.24) is 0 Å². The van der Waals surface area contributed by atoms with Crippen LogP contribution in [0.3, 0.4) is 0 Å². The van der Waals surface area contributed by atoms with Gasteiger partial charge < -0.3 is 0 Å². The Morgan fingerprint density at radius 1 is 1.00 bits per heavy atom. The fraction of sp³-hybridized carbons (Fsp3) is 0.684. The van der Waals surface area contributed by atoms with Crippen LogP contribution in [-0.2, 0) is 0 Å². The maximum absolute atomic E-state index is 2.47. The molecule has 19 heavy (non-hydrogen) atoms. The third-order valence-electron chi connectivity index (χ3n) is 4.98. The van der Waals surface area contributed by atoms with Crippen molar-refractivity contribution >= 4 is 0 Å². The SMILES string of the molecule is CCCC1(CCC)CC(C)CC(c2ccccc2)C1. The second kappa shape index (κ2) is 6.59. The quantitative estimate of drug-likeness (QED) is 0.592. The van der Waals surface area contributed by atoms with Gasteiger partial charge in [0.1, 0.15) is 0 Å². The maximum atomic E-state index is 2.47. The van der Waals surface area contributed by atoms with Crippen LogP contribution in [0.4, 0.5) is 0 Å². The summed E-state index contributed by atoms with van der Waals surface area (Å²) in [5.41, 5.74) is 2.20. The van der Waals surface area contributed by atoms with E-state index in [1.165, 1.54) is 44.9 Å². The molecule has 0 nitrogen and oxygen atoms in total. The average molecular weight is 258 g/mol. The van der Waals surface area contributed by atoms with Crippen molar-refractivity contribution in [1.29, 1.82) is 0 Å². The summed E-state index contributed by atoms with van der Waals surface area (Å²) in [5, 5.41) is 0. The van der Waals surface area contributed by atoms with Crippen molar-refractivity contribution in [3.05, 3.63) is 35.9 Å². The number of hydrogen-bond donors (Lipinski definition) is 0. The highest BCUT2D eigenvalue weighted by Gasteiger charge is 2.38. The molecule has 0 bridgehead atoms.